The first kappa shape index (κ1) is 78.0. The van der Waals surface area contributed by atoms with E-state index in [9.17, 15) is 43.2 Å². The second kappa shape index (κ2) is 51.4. The lowest BCUT2D eigenvalue weighted by atomic mass is 10.0. The van der Waals surface area contributed by atoms with Crippen molar-refractivity contribution in [2.24, 2.45) is 57.3 Å². The Labute approximate surface area is 494 Å². The second-order valence-corrected chi connectivity index (χ2v) is 21.6. The van der Waals surface area contributed by atoms with Gasteiger partial charge in [-0.15, -0.1) is 0 Å². The fourth-order valence-corrected chi connectivity index (χ4v) is 9.20. The van der Waals surface area contributed by atoms with Crippen molar-refractivity contribution >= 4 is 53.5 Å². The number of carbonyl (C=O) groups is 9. The van der Waals surface area contributed by atoms with Gasteiger partial charge in [-0.05, 0) is 213 Å². The molecule has 8 amide bonds. The van der Waals surface area contributed by atoms with Gasteiger partial charge in [0.25, 0.3) is 0 Å². The molecule has 0 unspecified atom stereocenters. The highest BCUT2D eigenvalue weighted by molar-refractivity contribution is 5.98. The van der Waals surface area contributed by atoms with Gasteiger partial charge in [0.2, 0.25) is 47.3 Å². The zero-order chi connectivity index (χ0) is 62.0. The standard InChI is InChI=1S/C56H114N18O9/c57-30-12-1-3-23-44(70-51(78)43(26-8-17-35-62)68-49(76)41(66)22-6-15-33-60)52(79)73-48(29-11-20-38-65)56(83)74-47(28-10-19-37-64)55(82)71-45(24-4-2-13-31-58)53(80)72-46(27-9-18-36-63)54(81)69-42(25-7-16-34-61)50(77)67-40(39-75)21-5-14-32-59/h39-48H,1-38,57-66H2,(H,67,77)(H,68,76)(H,69,81)(H,70,78)(H,71,82)(H,72,80)(H,73,79)(H,74,83)/t40-,41-,42-,43-,44-,45-,46-,47-,48-/m0/s1. The fourth-order valence-electron chi connectivity index (χ4n) is 9.20. The molecular weight excluding hydrogens is 1070 g/mol. The van der Waals surface area contributed by atoms with Crippen LogP contribution in [0.2, 0.25) is 0 Å². The van der Waals surface area contributed by atoms with Gasteiger partial charge in [-0.3, -0.25) is 38.4 Å². The first-order valence-electron chi connectivity index (χ1n) is 31.0. The SMILES string of the molecule is NCCCCC[C@H](NC(=O)[C@H](CCCCN)NC(=O)[C@H](CCCCN)NC(=O)[C@H](CCCCCN)NC(=O)[C@H](CCCCN)NC(=O)[C@@H](N)CCCCN)C(=O)N[C@@H](CCCCN)C(=O)N[C@@H](CCCCN)C(=O)N[C@H](C=O)CCCCN. The molecule has 83 heavy (non-hydrogen) atoms. The Balaban J connectivity index is 7.01. The maximum Gasteiger partial charge on any atom is 0.243 e. The topological polar surface area (TPSA) is 510 Å². The number of nitrogens with two attached hydrogens (primary N) is 10. The van der Waals surface area contributed by atoms with Crippen molar-refractivity contribution in [3.63, 3.8) is 0 Å². The van der Waals surface area contributed by atoms with Crippen molar-refractivity contribution in [3.8, 4) is 0 Å². The van der Waals surface area contributed by atoms with Gasteiger partial charge in [-0.25, -0.2) is 0 Å². The number of hydrogen-bond donors (Lipinski definition) is 18. The molecule has 27 heteroatoms. The molecule has 0 saturated carbocycles. The largest absolute Gasteiger partial charge is 0.345 e. The Morgan fingerprint density at radius 2 is 0.422 bits per heavy atom. The highest BCUT2D eigenvalue weighted by Crippen LogP contribution is 2.14. The summed E-state index contributed by atoms with van der Waals surface area (Å²) in [5.74, 6) is -5.12. The third-order valence-electron chi connectivity index (χ3n) is 14.3. The number of unbranched alkanes of at least 4 members (excludes halogenated alkanes) is 11. The number of rotatable bonds is 55. The summed E-state index contributed by atoms with van der Waals surface area (Å²) < 4.78 is 0. The Morgan fingerprint density at radius 1 is 0.241 bits per heavy atom. The Bertz CT molecular complexity index is 1790. The molecule has 0 saturated heterocycles. The van der Waals surface area contributed by atoms with Crippen LogP contribution < -0.4 is 99.9 Å². The van der Waals surface area contributed by atoms with E-state index in [1.807, 2.05) is 0 Å². The van der Waals surface area contributed by atoms with Crippen LogP contribution in [-0.4, -0.2) is 167 Å². The predicted octanol–water partition coefficient (Wildman–Crippen LogP) is -2.67. The summed E-state index contributed by atoms with van der Waals surface area (Å²) in [5, 5.41) is 22.4. The molecule has 482 valence electrons. The van der Waals surface area contributed by atoms with Gasteiger partial charge >= 0.3 is 0 Å². The van der Waals surface area contributed by atoms with E-state index in [4.69, 9.17) is 57.3 Å². The van der Waals surface area contributed by atoms with Crippen LogP contribution >= 0.6 is 0 Å². The Morgan fingerprint density at radius 3 is 0.651 bits per heavy atom. The van der Waals surface area contributed by atoms with E-state index in [0.717, 1.165) is 0 Å². The molecule has 0 aliphatic rings. The quantitative estimate of drug-likeness (QED) is 0.0218. The number of aldehydes is 1. The van der Waals surface area contributed by atoms with Crippen molar-refractivity contribution < 1.29 is 43.2 Å². The summed E-state index contributed by atoms with van der Waals surface area (Å²) in [6, 6.07) is -9.75. The molecule has 0 aromatic carbocycles. The van der Waals surface area contributed by atoms with Gasteiger partial charge in [0.05, 0.1) is 12.1 Å². The summed E-state index contributed by atoms with van der Waals surface area (Å²) in [7, 11) is 0. The van der Waals surface area contributed by atoms with Crippen LogP contribution in [0.4, 0.5) is 0 Å². The van der Waals surface area contributed by atoms with Crippen molar-refractivity contribution in [3.05, 3.63) is 0 Å². The molecule has 27 nitrogen and oxygen atoms in total. The van der Waals surface area contributed by atoms with E-state index >= 15 is 0 Å². The average molecular weight is 1180 g/mol. The van der Waals surface area contributed by atoms with Crippen LogP contribution in [0.1, 0.15) is 186 Å². The molecule has 0 heterocycles. The molecule has 0 fully saturated rings. The summed E-state index contributed by atoms with van der Waals surface area (Å²) in [6.45, 7) is 3.30. The Kier molecular flexibility index (Phi) is 48.4. The molecule has 28 N–H and O–H groups in total. The van der Waals surface area contributed by atoms with Crippen LogP contribution in [0, 0.1) is 0 Å². The van der Waals surface area contributed by atoms with E-state index in [1.54, 1.807) is 0 Å². The van der Waals surface area contributed by atoms with Gasteiger partial charge in [-0.1, -0.05) is 32.1 Å². The smallest absolute Gasteiger partial charge is 0.243 e. The first-order valence-corrected chi connectivity index (χ1v) is 31.0. The van der Waals surface area contributed by atoms with E-state index in [0.29, 0.717) is 206 Å². The van der Waals surface area contributed by atoms with E-state index < -0.39 is 102 Å². The van der Waals surface area contributed by atoms with Crippen molar-refractivity contribution in [2.45, 2.75) is 241 Å². The number of amides is 8. The summed E-state index contributed by atoms with van der Waals surface area (Å²) in [6.07, 6.45) is 13.4. The van der Waals surface area contributed by atoms with Crippen LogP contribution in [0.3, 0.4) is 0 Å². The fraction of sp³-hybridized carbons (Fsp3) is 0.839. The molecule has 0 bridgehead atoms. The minimum absolute atomic E-state index is 0.100. The monoisotopic (exact) mass is 1180 g/mol. The highest BCUT2D eigenvalue weighted by Gasteiger charge is 2.35. The highest BCUT2D eigenvalue weighted by atomic mass is 16.2. The maximum absolute atomic E-state index is 14.6. The summed E-state index contributed by atoms with van der Waals surface area (Å²) in [4.78, 5) is 125. The minimum Gasteiger partial charge on any atom is -0.345 e. The van der Waals surface area contributed by atoms with Crippen LogP contribution in [-0.2, 0) is 43.2 Å². The third kappa shape index (κ3) is 37.2. The normalized spacial score (nSPS) is 14.5. The zero-order valence-corrected chi connectivity index (χ0v) is 50.1. The summed E-state index contributed by atoms with van der Waals surface area (Å²) in [5.41, 5.74) is 58.0. The van der Waals surface area contributed by atoms with E-state index in [1.165, 1.54) is 0 Å². The van der Waals surface area contributed by atoms with Crippen molar-refractivity contribution in [1.82, 2.24) is 42.5 Å². The maximum atomic E-state index is 14.6. The van der Waals surface area contributed by atoms with E-state index in [2.05, 4.69) is 42.5 Å². The molecule has 0 rings (SSSR count). The van der Waals surface area contributed by atoms with Crippen LogP contribution in [0.25, 0.3) is 0 Å². The first-order chi connectivity index (χ1) is 40.0. The zero-order valence-electron chi connectivity index (χ0n) is 50.1. The van der Waals surface area contributed by atoms with Crippen LogP contribution in [0.5, 0.6) is 0 Å². The van der Waals surface area contributed by atoms with E-state index in [-0.39, 0.29) is 44.9 Å². The van der Waals surface area contributed by atoms with Crippen molar-refractivity contribution in [1.29, 1.82) is 0 Å². The van der Waals surface area contributed by atoms with Gasteiger partial charge in [0, 0.05) is 0 Å². The summed E-state index contributed by atoms with van der Waals surface area (Å²) >= 11 is 0. The number of hydrogen-bond acceptors (Lipinski definition) is 19. The third-order valence-corrected chi connectivity index (χ3v) is 14.3. The van der Waals surface area contributed by atoms with Gasteiger partial charge in [0.1, 0.15) is 48.6 Å². The Hall–Kier alpha value is -4.97. The van der Waals surface area contributed by atoms with Gasteiger partial charge < -0.3 is 105 Å². The minimum atomic E-state index is -1.23. The molecule has 0 aliphatic carbocycles. The molecule has 0 spiro atoms. The molecule has 0 aromatic rings. The number of nitrogens with one attached hydrogen (secondary N) is 8. The lowest BCUT2D eigenvalue weighted by Gasteiger charge is -2.28. The molecule has 0 aliphatic heterocycles. The molecular formula is C56H114N18O9. The second-order valence-electron chi connectivity index (χ2n) is 21.6. The lowest BCUT2D eigenvalue weighted by Crippen LogP contribution is -2.60. The molecule has 0 radical (unpaired) electrons. The molecule has 9 atom stereocenters. The lowest BCUT2D eigenvalue weighted by molar-refractivity contribution is -0.136. The van der Waals surface area contributed by atoms with Gasteiger partial charge in [0.15, 0.2) is 0 Å². The van der Waals surface area contributed by atoms with Crippen molar-refractivity contribution in [2.75, 3.05) is 58.9 Å². The van der Waals surface area contributed by atoms with Gasteiger partial charge in [-0.2, -0.15) is 0 Å². The predicted molar refractivity (Wildman–Crippen MR) is 325 cm³/mol. The average Bonchev–Trinajstić information content (AvgIpc) is 3.47. The molecule has 0 aromatic heterocycles. The number of carbonyl (C=O) groups excluding carboxylic acids is 9. The van der Waals surface area contributed by atoms with Crippen LogP contribution in [0.15, 0.2) is 0 Å².